The van der Waals surface area contributed by atoms with Crippen LogP contribution in [-0.2, 0) is 0 Å². The Morgan fingerprint density at radius 1 is 1.20 bits per heavy atom. The van der Waals surface area contributed by atoms with Crippen molar-refractivity contribution in [1.82, 2.24) is 10.3 Å². The van der Waals surface area contributed by atoms with Gasteiger partial charge in [-0.3, -0.25) is 4.79 Å². The summed E-state index contributed by atoms with van der Waals surface area (Å²) in [7, 11) is 0. The lowest BCUT2D eigenvalue weighted by atomic mass is 10.1. The van der Waals surface area contributed by atoms with Crippen molar-refractivity contribution in [3.05, 3.63) is 51.5 Å². The molecule has 1 atom stereocenters. The fourth-order valence-corrected chi connectivity index (χ4v) is 2.93. The number of nitrogens with one attached hydrogen (secondary N) is 1. The Kier molecular flexibility index (Phi) is 4.55. The van der Waals surface area contributed by atoms with Gasteiger partial charge in [-0.25, -0.2) is 4.98 Å². The van der Waals surface area contributed by atoms with Crippen molar-refractivity contribution >= 4 is 17.2 Å². The van der Waals surface area contributed by atoms with Gasteiger partial charge in [-0.05, 0) is 19.4 Å². The number of carbonyl (C=O) groups excluding carboxylic acids is 1. The van der Waals surface area contributed by atoms with Crippen molar-refractivity contribution in [3.63, 3.8) is 0 Å². The Labute approximate surface area is 124 Å². The van der Waals surface area contributed by atoms with Gasteiger partial charge in [0.2, 0.25) is 0 Å². The van der Waals surface area contributed by atoms with Gasteiger partial charge in [0.05, 0.1) is 16.7 Å². The molecular formula is C16H20N2OS. The number of benzene rings is 1. The maximum Gasteiger partial charge on any atom is 0.263 e. The van der Waals surface area contributed by atoms with Gasteiger partial charge in [0.15, 0.2) is 0 Å². The highest BCUT2D eigenvalue weighted by Crippen LogP contribution is 2.25. The zero-order valence-electron chi connectivity index (χ0n) is 12.3. The summed E-state index contributed by atoms with van der Waals surface area (Å²) in [5.41, 5.74) is 1.92. The third-order valence-corrected chi connectivity index (χ3v) is 4.62. The molecule has 0 unspecified atom stereocenters. The van der Waals surface area contributed by atoms with Gasteiger partial charge in [0.25, 0.3) is 5.91 Å². The predicted octanol–water partition coefficient (Wildman–Crippen LogP) is 4.07. The maximum absolute atomic E-state index is 12.3. The number of hydrogen-bond donors (Lipinski definition) is 1. The molecular weight excluding hydrogens is 268 g/mol. The van der Waals surface area contributed by atoms with Crippen LogP contribution in [0.4, 0.5) is 0 Å². The SMILES string of the molecule is Cc1nc(C(C)C)sc1C(=O)N[C@@H](C)c1ccccc1. The number of hydrogen-bond acceptors (Lipinski definition) is 3. The summed E-state index contributed by atoms with van der Waals surface area (Å²) in [6, 6.07) is 9.96. The molecule has 0 saturated carbocycles. The predicted molar refractivity (Wildman–Crippen MR) is 83.3 cm³/mol. The molecule has 0 fully saturated rings. The number of aromatic nitrogens is 1. The van der Waals surface area contributed by atoms with Crippen LogP contribution in [0, 0.1) is 6.92 Å². The molecule has 1 N–H and O–H groups in total. The molecule has 106 valence electrons. The van der Waals surface area contributed by atoms with Gasteiger partial charge in [-0.2, -0.15) is 0 Å². The molecule has 20 heavy (non-hydrogen) atoms. The molecule has 0 bridgehead atoms. The van der Waals surface area contributed by atoms with Crippen molar-refractivity contribution in [2.75, 3.05) is 0 Å². The van der Waals surface area contributed by atoms with Gasteiger partial charge in [-0.1, -0.05) is 44.2 Å². The second-order valence-electron chi connectivity index (χ2n) is 5.23. The first kappa shape index (κ1) is 14.7. The lowest BCUT2D eigenvalue weighted by molar-refractivity contribution is 0.0943. The van der Waals surface area contributed by atoms with Crippen molar-refractivity contribution in [1.29, 1.82) is 0 Å². The average molecular weight is 288 g/mol. The van der Waals surface area contributed by atoms with Crippen LogP contribution in [0.3, 0.4) is 0 Å². The number of rotatable bonds is 4. The lowest BCUT2D eigenvalue weighted by Gasteiger charge is -2.13. The van der Waals surface area contributed by atoms with E-state index in [1.54, 1.807) is 0 Å². The normalized spacial score (nSPS) is 12.4. The van der Waals surface area contributed by atoms with E-state index in [-0.39, 0.29) is 11.9 Å². The van der Waals surface area contributed by atoms with Crippen LogP contribution in [0.2, 0.25) is 0 Å². The number of nitrogens with zero attached hydrogens (tertiary/aromatic N) is 1. The summed E-state index contributed by atoms with van der Waals surface area (Å²) in [5.74, 6) is 0.315. The number of aryl methyl sites for hydroxylation is 1. The average Bonchev–Trinajstić information content (AvgIpc) is 2.82. The molecule has 0 spiro atoms. The first-order valence-corrected chi connectivity index (χ1v) is 7.63. The fraction of sp³-hybridized carbons (Fsp3) is 0.375. The third kappa shape index (κ3) is 3.25. The van der Waals surface area contributed by atoms with Crippen LogP contribution in [0.25, 0.3) is 0 Å². The van der Waals surface area contributed by atoms with Crippen LogP contribution in [0.15, 0.2) is 30.3 Å². The van der Waals surface area contributed by atoms with Gasteiger partial charge in [0, 0.05) is 5.92 Å². The largest absolute Gasteiger partial charge is 0.345 e. The summed E-state index contributed by atoms with van der Waals surface area (Å²) < 4.78 is 0. The molecule has 4 heteroatoms. The summed E-state index contributed by atoms with van der Waals surface area (Å²) in [4.78, 5) is 17.5. The van der Waals surface area contributed by atoms with Gasteiger partial charge in [-0.15, -0.1) is 11.3 Å². The van der Waals surface area contributed by atoms with E-state index in [1.807, 2.05) is 44.2 Å². The highest BCUT2D eigenvalue weighted by molar-refractivity contribution is 7.13. The van der Waals surface area contributed by atoms with Crippen LogP contribution in [-0.4, -0.2) is 10.9 Å². The zero-order valence-corrected chi connectivity index (χ0v) is 13.1. The molecule has 1 amide bonds. The van der Waals surface area contributed by atoms with E-state index >= 15 is 0 Å². The Morgan fingerprint density at radius 3 is 2.40 bits per heavy atom. The summed E-state index contributed by atoms with van der Waals surface area (Å²) >= 11 is 1.49. The summed E-state index contributed by atoms with van der Waals surface area (Å²) in [6.07, 6.45) is 0. The Balaban J connectivity index is 2.12. The van der Waals surface area contributed by atoms with E-state index in [4.69, 9.17) is 0 Å². The van der Waals surface area contributed by atoms with Gasteiger partial charge in [0.1, 0.15) is 4.88 Å². The van der Waals surface area contributed by atoms with Crippen LogP contribution in [0.1, 0.15) is 58.7 Å². The maximum atomic E-state index is 12.3. The standard InChI is InChI=1S/C16H20N2OS/c1-10(2)16-18-12(4)14(20-16)15(19)17-11(3)13-8-6-5-7-9-13/h5-11H,1-4H3,(H,17,19)/t11-/m0/s1. The zero-order chi connectivity index (χ0) is 14.7. The molecule has 0 aliphatic carbocycles. The van der Waals surface area contributed by atoms with Crippen LogP contribution in [0.5, 0.6) is 0 Å². The quantitative estimate of drug-likeness (QED) is 0.921. The molecule has 3 nitrogen and oxygen atoms in total. The minimum absolute atomic E-state index is 0.00676. The minimum Gasteiger partial charge on any atom is -0.345 e. The molecule has 0 aliphatic heterocycles. The van der Waals surface area contributed by atoms with Crippen molar-refractivity contribution in [2.45, 2.75) is 39.7 Å². The fourth-order valence-electron chi connectivity index (χ4n) is 1.96. The van der Waals surface area contributed by atoms with E-state index in [9.17, 15) is 4.79 Å². The minimum atomic E-state index is -0.0387. The molecule has 1 heterocycles. The monoisotopic (exact) mass is 288 g/mol. The molecule has 0 radical (unpaired) electrons. The van der Waals surface area contributed by atoms with Crippen LogP contribution >= 0.6 is 11.3 Å². The third-order valence-electron chi connectivity index (χ3n) is 3.16. The topological polar surface area (TPSA) is 42.0 Å². The van der Waals surface area contributed by atoms with E-state index in [0.717, 1.165) is 21.1 Å². The lowest BCUT2D eigenvalue weighted by Crippen LogP contribution is -2.26. The van der Waals surface area contributed by atoms with E-state index < -0.39 is 0 Å². The second-order valence-corrected chi connectivity index (χ2v) is 6.26. The van der Waals surface area contributed by atoms with Crippen LogP contribution < -0.4 is 5.32 Å². The van der Waals surface area contributed by atoms with Crippen molar-refractivity contribution in [2.24, 2.45) is 0 Å². The highest BCUT2D eigenvalue weighted by atomic mass is 32.1. The van der Waals surface area contributed by atoms with Crippen molar-refractivity contribution in [3.8, 4) is 0 Å². The Hall–Kier alpha value is -1.68. The first-order chi connectivity index (χ1) is 9.49. The smallest absolute Gasteiger partial charge is 0.263 e. The Morgan fingerprint density at radius 2 is 1.85 bits per heavy atom. The Bertz CT molecular complexity index is 590. The number of amides is 1. The molecule has 0 saturated heterocycles. The van der Waals surface area contributed by atoms with E-state index in [1.165, 1.54) is 11.3 Å². The van der Waals surface area contributed by atoms with E-state index in [0.29, 0.717) is 5.92 Å². The second kappa shape index (κ2) is 6.18. The van der Waals surface area contributed by atoms with Gasteiger partial charge >= 0.3 is 0 Å². The molecule has 2 aromatic rings. The highest BCUT2D eigenvalue weighted by Gasteiger charge is 2.18. The first-order valence-electron chi connectivity index (χ1n) is 6.82. The van der Waals surface area contributed by atoms with E-state index in [2.05, 4.69) is 24.1 Å². The summed E-state index contributed by atoms with van der Waals surface area (Å²) in [6.45, 7) is 8.07. The summed E-state index contributed by atoms with van der Waals surface area (Å²) in [5, 5.41) is 4.05. The molecule has 0 aliphatic rings. The molecule has 2 rings (SSSR count). The molecule has 1 aromatic carbocycles. The molecule has 1 aromatic heterocycles. The number of carbonyl (C=O) groups is 1. The van der Waals surface area contributed by atoms with Crippen molar-refractivity contribution < 1.29 is 4.79 Å². The van der Waals surface area contributed by atoms with Gasteiger partial charge < -0.3 is 5.32 Å². The number of thiazole rings is 1.